The number of aromatic amines is 1. The summed E-state index contributed by atoms with van der Waals surface area (Å²) in [5.41, 5.74) is 4.61. The van der Waals surface area contributed by atoms with Crippen LogP contribution in [-0.4, -0.2) is 28.0 Å². The number of benzene rings is 2. The third kappa shape index (κ3) is 3.54. The predicted molar refractivity (Wildman–Crippen MR) is 113 cm³/mol. The molecule has 28 heavy (non-hydrogen) atoms. The van der Waals surface area contributed by atoms with Gasteiger partial charge in [-0.05, 0) is 48.9 Å². The Bertz CT molecular complexity index is 1160. The number of halogens is 1. The van der Waals surface area contributed by atoms with Crippen LogP contribution in [-0.2, 0) is 0 Å². The molecule has 0 aliphatic carbocycles. The number of hydrogen-bond donors (Lipinski definition) is 2. The van der Waals surface area contributed by atoms with Crippen molar-refractivity contribution in [2.45, 2.75) is 6.92 Å². The average molecular weight is 392 g/mol. The highest BCUT2D eigenvalue weighted by molar-refractivity contribution is 6.33. The van der Waals surface area contributed by atoms with E-state index in [0.29, 0.717) is 27.7 Å². The van der Waals surface area contributed by atoms with Crippen LogP contribution >= 0.6 is 11.6 Å². The maximum absolute atomic E-state index is 12.6. The Morgan fingerprint density at radius 2 is 1.93 bits per heavy atom. The molecular formula is C21H18ClN5O. The van der Waals surface area contributed by atoms with Gasteiger partial charge in [0.05, 0.1) is 10.5 Å². The number of hydrogen-bond acceptors (Lipinski definition) is 3. The fraction of sp³-hybridized carbons (Fsp3) is 0.0952. The summed E-state index contributed by atoms with van der Waals surface area (Å²) in [6.07, 6.45) is 1.77. The highest BCUT2D eigenvalue weighted by Gasteiger charge is 2.14. The lowest BCUT2D eigenvalue weighted by molar-refractivity contribution is 0.258. The molecule has 0 saturated heterocycles. The smallest absolute Gasteiger partial charge is 0.326 e. The van der Waals surface area contributed by atoms with Gasteiger partial charge in [-0.15, -0.1) is 0 Å². The molecule has 2 heterocycles. The van der Waals surface area contributed by atoms with Crippen molar-refractivity contribution in [2.75, 3.05) is 17.3 Å². The number of nitrogens with zero attached hydrogens (tertiary/aromatic N) is 3. The number of rotatable bonds is 3. The molecule has 4 rings (SSSR count). The van der Waals surface area contributed by atoms with Crippen LogP contribution in [0.15, 0.2) is 60.8 Å². The highest BCUT2D eigenvalue weighted by atomic mass is 35.5. The van der Waals surface area contributed by atoms with Crippen LogP contribution < -0.4 is 10.2 Å². The number of nitrogens with one attached hydrogen (secondary N) is 2. The molecule has 0 atom stereocenters. The van der Waals surface area contributed by atoms with E-state index in [0.717, 1.165) is 16.8 Å². The first-order chi connectivity index (χ1) is 13.5. The Kier molecular flexibility index (Phi) is 4.71. The van der Waals surface area contributed by atoms with Crippen LogP contribution in [0.25, 0.3) is 22.6 Å². The predicted octanol–water partition coefficient (Wildman–Crippen LogP) is 5.26. The summed E-state index contributed by atoms with van der Waals surface area (Å²) >= 11 is 6.38. The van der Waals surface area contributed by atoms with E-state index in [1.807, 2.05) is 43.3 Å². The van der Waals surface area contributed by atoms with Crippen molar-refractivity contribution in [1.82, 2.24) is 15.0 Å². The standard InChI is InChI=1S/C21H18ClN5O/c1-13-10-18-20(23-12-13)26-19(25-18)16-11-14(8-9-17(16)22)24-21(28)27(2)15-6-4-3-5-7-15/h3-12H,1-2H3,(H,24,28)(H,23,25,26). The Hall–Kier alpha value is -3.38. The van der Waals surface area contributed by atoms with Crippen molar-refractivity contribution in [1.29, 1.82) is 0 Å². The number of aryl methyl sites for hydroxylation is 1. The summed E-state index contributed by atoms with van der Waals surface area (Å²) in [5, 5.41) is 3.42. The quantitative estimate of drug-likeness (QED) is 0.500. The summed E-state index contributed by atoms with van der Waals surface area (Å²) in [5.74, 6) is 0.602. The number of para-hydroxylation sites is 1. The van der Waals surface area contributed by atoms with Crippen LogP contribution in [0.4, 0.5) is 16.2 Å². The molecule has 2 aromatic heterocycles. The number of aromatic nitrogens is 3. The summed E-state index contributed by atoms with van der Waals surface area (Å²) < 4.78 is 0. The highest BCUT2D eigenvalue weighted by Crippen LogP contribution is 2.30. The molecule has 0 spiro atoms. The third-order valence-electron chi connectivity index (χ3n) is 4.40. The zero-order valence-corrected chi connectivity index (χ0v) is 16.2. The minimum Gasteiger partial charge on any atom is -0.337 e. The maximum atomic E-state index is 12.6. The molecule has 6 nitrogen and oxygen atoms in total. The average Bonchev–Trinajstić information content (AvgIpc) is 3.12. The molecule has 7 heteroatoms. The number of carbonyl (C=O) groups is 1. The lowest BCUT2D eigenvalue weighted by Crippen LogP contribution is -2.31. The summed E-state index contributed by atoms with van der Waals surface area (Å²) in [6.45, 7) is 1.97. The second-order valence-electron chi connectivity index (χ2n) is 6.49. The lowest BCUT2D eigenvalue weighted by Gasteiger charge is -2.18. The van der Waals surface area contributed by atoms with E-state index < -0.39 is 0 Å². The Labute approximate surface area is 167 Å². The van der Waals surface area contributed by atoms with Gasteiger partial charge in [-0.3, -0.25) is 4.90 Å². The lowest BCUT2D eigenvalue weighted by atomic mass is 10.2. The van der Waals surface area contributed by atoms with E-state index in [1.165, 1.54) is 0 Å². The number of H-pyrrole nitrogens is 1. The van der Waals surface area contributed by atoms with Gasteiger partial charge in [0.15, 0.2) is 5.65 Å². The molecule has 0 aliphatic heterocycles. The van der Waals surface area contributed by atoms with E-state index >= 15 is 0 Å². The van der Waals surface area contributed by atoms with Crippen molar-refractivity contribution in [3.63, 3.8) is 0 Å². The Balaban J connectivity index is 1.62. The SMILES string of the molecule is Cc1cnc2nc(-c3cc(NC(=O)N(C)c4ccccc4)ccc3Cl)[nH]c2c1. The number of anilines is 2. The molecule has 0 unspecified atom stereocenters. The first-order valence-corrected chi connectivity index (χ1v) is 9.11. The minimum absolute atomic E-state index is 0.249. The third-order valence-corrected chi connectivity index (χ3v) is 4.72. The molecule has 0 fully saturated rings. The number of carbonyl (C=O) groups excluding carboxylic acids is 1. The van der Waals surface area contributed by atoms with Gasteiger partial charge in [-0.2, -0.15) is 0 Å². The van der Waals surface area contributed by atoms with Gasteiger partial charge in [-0.25, -0.2) is 14.8 Å². The van der Waals surface area contributed by atoms with Gasteiger partial charge in [-0.1, -0.05) is 29.8 Å². The summed E-state index contributed by atoms with van der Waals surface area (Å²) in [6, 6.07) is 16.4. The van der Waals surface area contributed by atoms with E-state index in [1.54, 1.807) is 36.3 Å². The molecular weight excluding hydrogens is 374 g/mol. The van der Waals surface area contributed by atoms with Crippen LogP contribution in [0.5, 0.6) is 0 Å². The first kappa shape index (κ1) is 18.0. The number of imidazole rings is 1. The van der Waals surface area contributed by atoms with Gasteiger partial charge >= 0.3 is 6.03 Å². The molecule has 0 saturated carbocycles. The number of amides is 2. The number of urea groups is 1. The van der Waals surface area contributed by atoms with E-state index in [-0.39, 0.29) is 6.03 Å². The topological polar surface area (TPSA) is 73.9 Å². The van der Waals surface area contributed by atoms with Gasteiger partial charge in [0, 0.05) is 30.2 Å². The zero-order chi connectivity index (χ0) is 19.7. The molecule has 4 aromatic rings. The van der Waals surface area contributed by atoms with Gasteiger partial charge in [0.25, 0.3) is 0 Å². The van der Waals surface area contributed by atoms with E-state index in [9.17, 15) is 4.79 Å². The molecule has 0 bridgehead atoms. The fourth-order valence-electron chi connectivity index (χ4n) is 2.89. The Morgan fingerprint density at radius 3 is 2.71 bits per heavy atom. The molecule has 0 radical (unpaired) electrons. The molecule has 0 aliphatic rings. The van der Waals surface area contributed by atoms with Gasteiger partial charge in [0.2, 0.25) is 0 Å². The van der Waals surface area contributed by atoms with Crippen LogP contribution in [0.3, 0.4) is 0 Å². The second-order valence-corrected chi connectivity index (χ2v) is 6.90. The van der Waals surface area contributed by atoms with Crippen LogP contribution in [0.1, 0.15) is 5.56 Å². The van der Waals surface area contributed by atoms with Crippen molar-refractivity contribution in [3.05, 3.63) is 71.4 Å². The molecule has 140 valence electrons. The molecule has 2 aromatic carbocycles. The first-order valence-electron chi connectivity index (χ1n) is 8.73. The molecule has 2 amide bonds. The summed E-state index contributed by atoms with van der Waals surface area (Å²) in [7, 11) is 1.72. The van der Waals surface area contributed by atoms with Crippen molar-refractivity contribution >= 4 is 40.2 Å². The van der Waals surface area contributed by atoms with Gasteiger partial charge in [0.1, 0.15) is 5.82 Å². The van der Waals surface area contributed by atoms with Crippen LogP contribution in [0, 0.1) is 6.92 Å². The number of fused-ring (bicyclic) bond motifs is 1. The largest absolute Gasteiger partial charge is 0.337 e. The van der Waals surface area contributed by atoms with Gasteiger partial charge < -0.3 is 10.3 Å². The number of pyridine rings is 1. The monoisotopic (exact) mass is 391 g/mol. The Morgan fingerprint density at radius 1 is 1.14 bits per heavy atom. The van der Waals surface area contributed by atoms with E-state index in [4.69, 9.17) is 11.6 Å². The van der Waals surface area contributed by atoms with E-state index in [2.05, 4.69) is 20.3 Å². The normalized spacial score (nSPS) is 10.8. The zero-order valence-electron chi connectivity index (χ0n) is 15.4. The van der Waals surface area contributed by atoms with Crippen LogP contribution in [0.2, 0.25) is 5.02 Å². The summed E-state index contributed by atoms with van der Waals surface area (Å²) in [4.78, 5) is 26.2. The maximum Gasteiger partial charge on any atom is 0.326 e. The fourth-order valence-corrected chi connectivity index (χ4v) is 3.10. The minimum atomic E-state index is -0.249. The van der Waals surface area contributed by atoms with Crippen molar-refractivity contribution < 1.29 is 4.79 Å². The second kappa shape index (κ2) is 7.32. The molecule has 2 N–H and O–H groups in total. The van der Waals surface area contributed by atoms with Crippen molar-refractivity contribution in [3.8, 4) is 11.4 Å². The van der Waals surface area contributed by atoms with Crippen molar-refractivity contribution in [2.24, 2.45) is 0 Å².